The second-order valence-electron chi connectivity index (χ2n) is 3.17. The molecule has 0 aliphatic carbocycles. The summed E-state index contributed by atoms with van der Waals surface area (Å²) in [7, 11) is 0. The van der Waals surface area contributed by atoms with Gasteiger partial charge in [-0.25, -0.2) is 0 Å². The van der Waals surface area contributed by atoms with Crippen molar-refractivity contribution in [3.8, 4) is 0 Å². The molecule has 0 bridgehead atoms. The lowest BCUT2D eigenvalue weighted by molar-refractivity contribution is 0.591. The Morgan fingerprint density at radius 1 is 1.31 bits per heavy atom. The third kappa shape index (κ3) is 3.05. The summed E-state index contributed by atoms with van der Waals surface area (Å²) in [5, 5.41) is 0. The lowest BCUT2D eigenvalue weighted by atomic mass is 10.2. The molecule has 1 nitrogen and oxygen atoms in total. The van der Waals surface area contributed by atoms with Crippen LogP contribution in [0, 0.1) is 6.92 Å². The first-order chi connectivity index (χ1) is 6.25. The predicted octanol–water partition coefficient (Wildman–Crippen LogP) is 2.90. The monoisotopic (exact) mass is 196 g/mol. The van der Waals surface area contributed by atoms with E-state index in [0.717, 1.165) is 29.1 Å². The molecular weight excluding hydrogens is 180 g/mol. The fourth-order valence-electron chi connectivity index (χ4n) is 1.20. The number of hydrogen-bond donors (Lipinski definition) is 0. The molecule has 0 fully saturated rings. The molecule has 72 valence electrons. The normalized spacial score (nSPS) is 12.8. The first kappa shape index (κ1) is 10.6. The standard InChI is InChI=1S/C11H16OS/c1-3-4-9-13(12)11-8-6-5-7-10(11)2/h5-8H,3-4,9H2,1-2H3. The van der Waals surface area contributed by atoms with Gasteiger partial charge in [0.15, 0.2) is 4.90 Å². The van der Waals surface area contributed by atoms with Crippen molar-refractivity contribution in [1.29, 1.82) is 0 Å². The highest BCUT2D eigenvalue weighted by Gasteiger charge is 2.11. The van der Waals surface area contributed by atoms with Gasteiger partial charge < -0.3 is 4.55 Å². The minimum absolute atomic E-state index is 0.793. The van der Waals surface area contributed by atoms with Crippen LogP contribution in [0.25, 0.3) is 0 Å². The summed E-state index contributed by atoms with van der Waals surface area (Å²) >= 11 is -0.795. The van der Waals surface area contributed by atoms with Gasteiger partial charge in [-0.3, -0.25) is 0 Å². The van der Waals surface area contributed by atoms with Crippen molar-refractivity contribution in [2.45, 2.75) is 31.6 Å². The molecule has 0 aliphatic rings. The molecule has 0 aliphatic heterocycles. The van der Waals surface area contributed by atoms with Crippen molar-refractivity contribution in [3.05, 3.63) is 29.8 Å². The van der Waals surface area contributed by atoms with Crippen molar-refractivity contribution < 1.29 is 4.55 Å². The number of aryl methyl sites for hydroxylation is 1. The van der Waals surface area contributed by atoms with Gasteiger partial charge in [0, 0.05) is 5.56 Å². The van der Waals surface area contributed by atoms with E-state index in [0.29, 0.717) is 0 Å². The summed E-state index contributed by atoms with van der Waals surface area (Å²) in [5.41, 5.74) is 1.14. The average molecular weight is 196 g/mol. The minimum atomic E-state index is -0.795. The van der Waals surface area contributed by atoms with Crippen LogP contribution in [0.15, 0.2) is 29.2 Å². The Morgan fingerprint density at radius 3 is 2.62 bits per heavy atom. The van der Waals surface area contributed by atoms with Gasteiger partial charge in [-0.05, 0) is 30.6 Å². The number of hydrogen-bond acceptors (Lipinski definition) is 1. The minimum Gasteiger partial charge on any atom is -0.611 e. The summed E-state index contributed by atoms with van der Waals surface area (Å²) in [5.74, 6) is 0.793. The van der Waals surface area contributed by atoms with E-state index in [-0.39, 0.29) is 0 Å². The van der Waals surface area contributed by atoms with Gasteiger partial charge in [-0.2, -0.15) is 0 Å². The van der Waals surface area contributed by atoms with Crippen LogP contribution in [-0.4, -0.2) is 10.3 Å². The van der Waals surface area contributed by atoms with E-state index in [4.69, 9.17) is 0 Å². The van der Waals surface area contributed by atoms with Crippen LogP contribution in [0.2, 0.25) is 0 Å². The van der Waals surface area contributed by atoms with Crippen LogP contribution >= 0.6 is 0 Å². The Kier molecular flexibility index (Phi) is 4.33. The SMILES string of the molecule is CCCC[S+]([O-])c1ccccc1C. The van der Waals surface area contributed by atoms with Crippen LogP contribution in [0.4, 0.5) is 0 Å². The topological polar surface area (TPSA) is 23.1 Å². The Balaban J connectivity index is 2.65. The summed E-state index contributed by atoms with van der Waals surface area (Å²) in [6, 6.07) is 7.91. The first-order valence-corrected chi connectivity index (χ1v) is 6.01. The maximum atomic E-state index is 11.7. The molecule has 1 rings (SSSR count). The zero-order valence-corrected chi connectivity index (χ0v) is 9.06. The molecule has 13 heavy (non-hydrogen) atoms. The molecule has 2 heteroatoms. The van der Waals surface area contributed by atoms with E-state index in [2.05, 4.69) is 6.92 Å². The lowest BCUT2D eigenvalue weighted by Crippen LogP contribution is -2.08. The molecule has 0 heterocycles. The molecule has 0 N–H and O–H groups in total. The first-order valence-electron chi connectivity index (χ1n) is 4.69. The molecule has 1 atom stereocenters. The lowest BCUT2D eigenvalue weighted by Gasteiger charge is -2.11. The van der Waals surface area contributed by atoms with E-state index >= 15 is 0 Å². The molecule has 1 aromatic carbocycles. The smallest absolute Gasteiger partial charge is 0.155 e. The second kappa shape index (κ2) is 5.30. The molecule has 0 saturated carbocycles. The quantitative estimate of drug-likeness (QED) is 0.679. The number of rotatable bonds is 4. The summed E-state index contributed by atoms with van der Waals surface area (Å²) in [4.78, 5) is 0.996. The molecule has 0 spiro atoms. The molecule has 1 aromatic rings. The predicted molar refractivity (Wildman–Crippen MR) is 57.4 cm³/mol. The number of unbranched alkanes of at least 4 members (excludes halogenated alkanes) is 1. The van der Waals surface area contributed by atoms with E-state index < -0.39 is 11.2 Å². The average Bonchev–Trinajstić information content (AvgIpc) is 2.15. The fraction of sp³-hybridized carbons (Fsp3) is 0.455. The zero-order chi connectivity index (χ0) is 9.68. The summed E-state index contributed by atoms with van der Waals surface area (Å²) in [6.45, 7) is 4.13. The van der Waals surface area contributed by atoms with Gasteiger partial charge in [0.25, 0.3) is 0 Å². The van der Waals surface area contributed by atoms with Crippen LogP contribution in [0.5, 0.6) is 0 Å². The molecule has 0 amide bonds. The van der Waals surface area contributed by atoms with Crippen molar-refractivity contribution in [2.24, 2.45) is 0 Å². The van der Waals surface area contributed by atoms with Gasteiger partial charge in [-0.15, -0.1) is 0 Å². The van der Waals surface area contributed by atoms with Crippen LogP contribution in [0.3, 0.4) is 0 Å². The van der Waals surface area contributed by atoms with Crippen molar-refractivity contribution in [2.75, 3.05) is 5.75 Å². The fourth-order valence-corrected chi connectivity index (χ4v) is 2.63. The Morgan fingerprint density at radius 2 is 2.00 bits per heavy atom. The van der Waals surface area contributed by atoms with Gasteiger partial charge in [-0.1, -0.05) is 31.5 Å². The third-order valence-electron chi connectivity index (χ3n) is 2.02. The van der Waals surface area contributed by atoms with Crippen LogP contribution < -0.4 is 0 Å². The maximum Gasteiger partial charge on any atom is 0.155 e. The van der Waals surface area contributed by atoms with Gasteiger partial charge in [0.05, 0.1) is 0 Å². The van der Waals surface area contributed by atoms with E-state index in [9.17, 15) is 4.55 Å². The van der Waals surface area contributed by atoms with Crippen LogP contribution in [-0.2, 0) is 11.2 Å². The Hall–Kier alpha value is -0.470. The van der Waals surface area contributed by atoms with E-state index in [1.807, 2.05) is 31.2 Å². The molecule has 0 aromatic heterocycles. The maximum absolute atomic E-state index is 11.7. The number of benzene rings is 1. The molecular formula is C11H16OS. The van der Waals surface area contributed by atoms with Gasteiger partial charge >= 0.3 is 0 Å². The van der Waals surface area contributed by atoms with Crippen LogP contribution in [0.1, 0.15) is 25.3 Å². The third-order valence-corrected chi connectivity index (χ3v) is 3.63. The van der Waals surface area contributed by atoms with Crippen molar-refractivity contribution >= 4 is 11.2 Å². The van der Waals surface area contributed by atoms with Gasteiger partial charge in [0.2, 0.25) is 0 Å². The highest BCUT2D eigenvalue weighted by Crippen LogP contribution is 2.16. The molecule has 0 saturated heterocycles. The highest BCUT2D eigenvalue weighted by molar-refractivity contribution is 7.91. The molecule has 0 radical (unpaired) electrons. The van der Waals surface area contributed by atoms with Crippen molar-refractivity contribution in [3.63, 3.8) is 0 Å². The van der Waals surface area contributed by atoms with E-state index in [1.54, 1.807) is 0 Å². The summed E-state index contributed by atoms with van der Waals surface area (Å²) in [6.07, 6.45) is 2.15. The largest absolute Gasteiger partial charge is 0.611 e. The summed E-state index contributed by atoms with van der Waals surface area (Å²) < 4.78 is 11.7. The molecule has 1 unspecified atom stereocenters. The zero-order valence-electron chi connectivity index (χ0n) is 8.25. The second-order valence-corrected chi connectivity index (χ2v) is 4.71. The highest BCUT2D eigenvalue weighted by atomic mass is 32.2. The Bertz CT molecular complexity index is 260. The Labute approximate surface area is 83.4 Å². The van der Waals surface area contributed by atoms with E-state index in [1.165, 1.54) is 0 Å². The van der Waals surface area contributed by atoms with Crippen molar-refractivity contribution in [1.82, 2.24) is 0 Å². The van der Waals surface area contributed by atoms with Gasteiger partial charge in [0.1, 0.15) is 5.75 Å².